The van der Waals surface area contributed by atoms with Crippen molar-refractivity contribution in [3.8, 4) is 22.5 Å². The fourth-order valence-electron chi connectivity index (χ4n) is 2.88. The van der Waals surface area contributed by atoms with Gasteiger partial charge < -0.3 is 10.4 Å². The highest BCUT2D eigenvalue weighted by molar-refractivity contribution is 7.17. The summed E-state index contributed by atoms with van der Waals surface area (Å²) in [4.78, 5) is 14.7. The Labute approximate surface area is 168 Å². The molecule has 142 valence electrons. The predicted molar refractivity (Wildman–Crippen MR) is 115 cm³/mol. The first-order valence-corrected chi connectivity index (χ1v) is 10.1. The molecule has 0 saturated heterocycles. The number of hydrogen-bond acceptors (Lipinski definition) is 6. The van der Waals surface area contributed by atoms with Crippen molar-refractivity contribution in [3.05, 3.63) is 60.2 Å². The highest BCUT2D eigenvalue weighted by Crippen LogP contribution is 2.38. The van der Waals surface area contributed by atoms with Crippen molar-refractivity contribution in [2.75, 3.05) is 5.32 Å². The van der Waals surface area contributed by atoms with Crippen LogP contribution in [0.25, 0.3) is 32.7 Å². The molecule has 0 bridgehead atoms. The summed E-state index contributed by atoms with van der Waals surface area (Å²) >= 11 is 1.59. The van der Waals surface area contributed by atoms with Crippen LogP contribution >= 0.6 is 11.3 Å². The molecule has 0 radical (unpaired) electrons. The number of fused-ring (bicyclic) bond motifs is 1. The Morgan fingerprint density at radius 3 is 2.46 bits per heavy atom. The minimum atomic E-state index is -0.894. The van der Waals surface area contributed by atoms with E-state index in [2.05, 4.69) is 27.8 Å². The van der Waals surface area contributed by atoms with Gasteiger partial charge in [0.15, 0.2) is 5.82 Å². The molecule has 3 heterocycles. The lowest BCUT2D eigenvalue weighted by atomic mass is 10.0. The molecule has 0 aliphatic carbocycles. The van der Waals surface area contributed by atoms with Crippen LogP contribution in [0.5, 0.6) is 0 Å². The molecular formula is C22H22N4OS. The van der Waals surface area contributed by atoms with Gasteiger partial charge in [0.25, 0.3) is 0 Å². The van der Waals surface area contributed by atoms with Crippen molar-refractivity contribution in [1.82, 2.24) is 15.0 Å². The van der Waals surface area contributed by atoms with Gasteiger partial charge >= 0.3 is 0 Å². The molecule has 28 heavy (non-hydrogen) atoms. The van der Waals surface area contributed by atoms with Crippen LogP contribution in [-0.2, 0) is 0 Å². The van der Waals surface area contributed by atoms with Gasteiger partial charge in [-0.25, -0.2) is 9.97 Å². The summed E-state index contributed by atoms with van der Waals surface area (Å²) in [6.07, 6.45) is 3.49. The summed E-state index contributed by atoms with van der Waals surface area (Å²) in [6, 6.07) is 13.8. The molecule has 5 nitrogen and oxygen atoms in total. The highest BCUT2D eigenvalue weighted by atomic mass is 32.1. The SMILES string of the molecule is C[C@H](Nc1nc(-c2cccnc2)nc2scc(-c3ccccc3)c12)C(C)(C)O. The van der Waals surface area contributed by atoms with Crippen LogP contribution in [-0.4, -0.2) is 31.7 Å². The van der Waals surface area contributed by atoms with E-state index in [-0.39, 0.29) is 6.04 Å². The standard InChI is InChI=1S/C22H22N4OS/c1-14(22(2,3)27)24-20-18-17(15-8-5-4-6-9-15)13-28-21(18)26-19(25-20)16-10-7-11-23-12-16/h4-14,27H,1-3H3,(H,24,25,26)/t14-/m0/s1. The fraction of sp³-hybridized carbons (Fsp3) is 0.227. The van der Waals surface area contributed by atoms with Gasteiger partial charge in [-0.2, -0.15) is 0 Å². The van der Waals surface area contributed by atoms with E-state index in [0.29, 0.717) is 5.82 Å². The zero-order valence-corrected chi connectivity index (χ0v) is 16.9. The van der Waals surface area contributed by atoms with Crippen LogP contribution in [0, 0.1) is 0 Å². The van der Waals surface area contributed by atoms with E-state index in [1.54, 1.807) is 37.6 Å². The first-order valence-electron chi connectivity index (χ1n) is 9.17. The number of benzene rings is 1. The molecule has 4 rings (SSSR count). The van der Waals surface area contributed by atoms with Gasteiger partial charge in [0.05, 0.1) is 17.0 Å². The summed E-state index contributed by atoms with van der Waals surface area (Å²) in [6.45, 7) is 5.53. The van der Waals surface area contributed by atoms with Gasteiger partial charge in [-0.3, -0.25) is 4.98 Å². The normalized spacial score (nSPS) is 12.9. The van der Waals surface area contributed by atoms with Gasteiger partial charge in [0.2, 0.25) is 0 Å². The molecule has 3 aromatic heterocycles. The smallest absolute Gasteiger partial charge is 0.164 e. The number of hydrogen-bond donors (Lipinski definition) is 2. The number of aromatic nitrogens is 3. The average molecular weight is 391 g/mol. The molecule has 2 N–H and O–H groups in total. The van der Waals surface area contributed by atoms with Crippen LogP contribution in [0.3, 0.4) is 0 Å². The van der Waals surface area contributed by atoms with Crippen LogP contribution in [0.15, 0.2) is 60.2 Å². The largest absolute Gasteiger partial charge is 0.388 e. The minimum absolute atomic E-state index is 0.198. The van der Waals surface area contributed by atoms with Crippen molar-refractivity contribution < 1.29 is 5.11 Å². The monoisotopic (exact) mass is 390 g/mol. The van der Waals surface area contributed by atoms with E-state index in [1.165, 1.54) is 0 Å². The first-order chi connectivity index (χ1) is 13.4. The molecule has 0 unspecified atom stereocenters. The van der Waals surface area contributed by atoms with Gasteiger partial charge in [-0.05, 0) is 38.5 Å². The lowest BCUT2D eigenvalue weighted by Gasteiger charge is -2.27. The molecule has 0 amide bonds. The average Bonchev–Trinajstić information content (AvgIpc) is 3.13. The number of rotatable bonds is 5. The Hall–Kier alpha value is -2.83. The summed E-state index contributed by atoms with van der Waals surface area (Å²) in [5.74, 6) is 1.34. The second kappa shape index (κ2) is 7.30. The number of thiophene rings is 1. The Morgan fingerprint density at radius 1 is 1.04 bits per heavy atom. The Morgan fingerprint density at radius 2 is 1.79 bits per heavy atom. The molecule has 0 aliphatic heterocycles. The van der Waals surface area contributed by atoms with E-state index >= 15 is 0 Å². The molecule has 6 heteroatoms. The van der Waals surface area contributed by atoms with E-state index in [0.717, 1.165) is 32.7 Å². The lowest BCUT2D eigenvalue weighted by Crippen LogP contribution is -2.39. The van der Waals surface area contributed by atoms with Crippen molar-refractivity contribution in [2.24, 2.45) is 0 Å². The minimum Gasteiger partial charge on any atom is -0.388 e. The summed E-state index contributed by atoms with van der Waals surface area (Å²) in [5, 5.41) is 16.9. The molecule has 0 spiro atoms. The van der Waals surface area contributed by atoms with Crippen molar-refractivity contribution in [2.45, 2.75) is 32.4 Å². The predicted octanol–water partition coefficient (Wildman–Crippen LogP) is 4.99. The van der Waals surface area contributed by atoms with Crippen LogP contribution in [0.1, 0.15) is 20.8 Å². The fourth-order valence-corrected chi connectivity index (χ4v) is 3.83. The third kappa shape index (κ3) is 3.61. The second-order valence-corrected chi connectivity index (χ2v) is 8.21. The summed E-state index contributed by atoms with van der Waals surface area (Å²) < 4.78 is 0. The van der Waals surface area contributed by atoms with Crippen molar-refractivity contribution in [3.63, 3.8) is 0 Å². The topological polar surface area (TPSA) is 70.9 Å². The highest BCUT2D eigenvalue weighted by Gasteiger charge is 2.25. The molecule has 1 atom stereocenters. The van der Waals surface area contributed by atoms with Crippen molar-refractivity contribution in [1.29, 1.82) is 0 Å². The summed E-state index contributed by atoms with van der Waals surface area (Å²) in [7, 11) is 0. The number of nitrogens with zero attached hydrogens (tertiary/aromatic N) is 3. The maximum atomic E-state index is 10.4. The van der Waals surface area contributed by atoms with Gasteiger partial charge in [-0.15, -0.1) is 11.3 Å². The first kappa shape index (κ1) is 18.5. The summed E-state index contributed by atoms with van der Waals surface area (Å²) in [5.41, 5.74) is 2.17. The molecule has 4 aromatic rings. The molecule has 1 aromatic carbocycles. The van der Waals surface area contributed by atoms with E-state index in [1.807, 2.05) is 37.3 Å². The third-order valence-electron chi connectivity index (χ3n) is 4.85. The molecule has 0 fully saturated rings. The molecule has 0 aliphatic rings. The number of nitrogens with one attached hydrogen (secondary N) is 1. The second-order valence-electron chi connectivity index (χ2n) is 7.35. The zero-order valence-electron chi connectivity index (χ0n) is 16.0. The maximum Gasteiger partial charge on any atom is 0.164 e. The Balaban J connectivity index is 1.91. The number of anilines is 1. The Kier molecular flexibility index (Phi) is 4.83. The van der Waals surface area contributed by atoms with Gasteiger partial charge in [0.1, 0.15) is 10.6 Å². The van der Waals surface area contributed by atoms with Gasteiger partial charge in [-0.1, -0.05) is 30.3 Å². The lowest BCUT2D eigenvalue weighted by molar-refractivity contribution is 0.0648. The quantitative estimate of drug-likeness (QED) is 0.502. The maximum absolute atomic E-state index is 10.4. The van der Waals surface area contributed by atoms with E-state index in [4.69, 9.17) is 9.97 Å². The van der Waals surface area contributed by atoms with Crippen LogP contribution in [0.4, 0.5) is 5.82 Å². The molecular weight excluding hydrogens is 368 g/mol. The van der Waals surface area contributed by atoms with E-state index < -0.39 is 5.60 Å². The van der Waals surface area contributed by atoms with Crippen molar-refractivity contribution >= 4 is 27.4 Å². The van der Waals surface area contributed by atoms with E-state index in [9.17, 15) is 5.11 Å². The zero-order chi connectivity index (χ0) is 19.7. The van der Waals surface area contributed by atoms with Crippen LogP contribution in [0.2, 0.25) is 0 Å². The third-order valence-corrected chi connectivity index (χ3v) is 5.72. The number of pyridine rings is 1. The number of aliphatic hydroxyl groups is 1. The van der Waals surface area contributed by atoms with Gasteiger partial charge in [0, 0.05) is 28.9 Å². The Bertz CT molecular complexity index is 1090. The van der Waals surface area contributed by atoms with Crippen LogP contribution < -0.4 is 5.32 Å². The molecule has 0 saturated carbocycles.